The molecule has 2 aromatic heterocycles. The second kappa shape index (κ2) is 10.1. The number of para-hydroxylation sites is 1. The minimum atomic E-state index is -4.55. The maximum absolute atomic E-state index is 13.7. The highest BCUT2D eigenvalue weighted by atomic mass is 19.4. The molecule has 0 aliphatic carbocycles. The second-order valence-electron chi connectivity index (χ2n) is 8.89. The number of alkyl halides is 3. The molecule has 2 aromatic carbocycles. The van der Waals surface area contributed by atoms with Gasteiger partial charge in [-0.2, -0.15) is 13.2 Å². The van der Waals surface area contributed by atoms with Crippen molar-refractivity contribution in [3.8, 4) is 11.4 Å². The van der Waals surface area contributed by atoms with E-state index in [0.717, 1.165) is 38.1 Å². The topological polar surface area (TPSA) is 80.1 Å². The molecule has 5 rings (SSSR count). The predicted octanol–water partition coefficient (Wildman–Crippen LogP) is 4.83. The number of aromatic nitrogens is 3. The quantitative estimate of drug-likeness (QED) is 0.405. The summed E-state index contributed by atoms with van der Waals surface area (Å²) in [7, 11) is 0. The van der Waals surface area contributed by atoms with Crippen LogP contribution in [-0.4, -0.2) is 45.0 Å². The summed E-state index contributed by atoms with van der Waals surface area (Å²) in [6.07, 6.45) is -0.886. The number of likely N-dealkylation sites (tertiary alicyclic amines) is 1. The molecule has 0 saturated carbocycles. The summed E-state index contributed by atoms with van der Waals surface area (Å²) in [5.41, 5.74) is -0.864. The van der Waals surface area contributed by atoms with E-state index >= 15 is 0 Å². The van der Waals surface area contributed by atoms with Gasteiger partial charge in [-0.3, -0.25) is 14.2 Å². The highest BCUT2D eigenvalue weighted by molar-refractivity contribution is 6.11. The number of carbonyl (C=O) groups is 1. The molecular formula is C27H24F3N5O2. The summed E-state index contributed by atoms with van der Waals surface area (Å²) < 4.78 is 41.9. The number of anilines is 1. The van der Waals surface area contributed by atoms with E-state index in [4.69, 9.17) is 0 Å². The summed E-state index contributed by atoms with van der Waals surface area (Å²) in [6.45, 7) is 2.65. The summed E-state index contributed by atoms with van der Waals surface area (Å²) in [6, 6.07) is 14.5. The van der Waals surface area contributed by atoms with Gasteiger partial charge in [0.05, 0.1) is 22.0 Å². The van der Waals surface area contributed by atoms with E-state index in [9.17, 15) is 22.8 Å². The molecular weight excluding hydrogens is 483 g/mol. The first kappa shape index (κ1) is 24.6. The fourth-order valence-electron chi connectivity index (χ4n) is 4.56. The molecule has 1 aliphatic rings. The third kappa shape index (κ3) is 5.24. The van der Waals surface area contributed by atoms with Gasteiger partial charge in [-0.1, -0.05) is 24.3 Å². The SMILES string of the molecule is O=C(Nc1ccccn1)c1cccc2c(=O)n(CCN3CCCC3)c(-c3cccc(C(F)(F)F)c3)nc12. The Labute approximate surface area is 210 Å². The normalized spacial score (nSPS) is 14.2. The van der Waals surface area contributed by atoms with Crippen molar-refractivity contribution in [2.75, 3.05) is 25.0 Å². The molecule has 190 valence electrons. The van der Waals surface area contributed by atoms with Crippen LogP contribution in [0.3, 0.4) is 0 Å². The lowest BCUT2D eigenvalue weighted by Gasteiger charge is -2.19. The minimum Gasteiger partial charge on any atom is -0.306 e. The van der Waals surface area contributed by atoms with Crippen LogP contribution in [-0.2, 0) is 12.7 Å². The number of nitrogens with one attached hydrogen (secondary N) is 1. The largest absolute Gasteiger partial charge is 0.416 e. The zero-order chi connectivity index (χ0) is 26.0. The van der Waals surface area contributed by atoms with Gasteiger partial charge < -0.3 is 10.2 Å². The van der Waals surface area contributed by atoms with Crippen LogP contribution < -0.4 is 10.9 Å². The number of rotatable bonds is 6. The van der Waals surface area contributed by atoms with E-state index in [1.54, 1.807) is 30.3 Å². The van der Waals surface area contributed by atoms with Crippen molar-refractivity contribution in [1.29, 1.82) is 0 Å². The van der Waals surface area contributed by atoms with Crippen molar-refractivity contribution in [2.24, 2.45) is 0 Å². The average Bonchev–Trinajstić information content (AvgIpc) is 3.41. The van der Waals surface area contributed by atoms with Crippen molar-refractivity contribution in [3.05, 3.63) is 88.3 Å². The zero-order valence-corrected chi connectivity index (χ0v) is 19.8. The van der Waals surface area contributed by atoms with Crippen LogP contribution in [0, 0.1) is 0 Å². The lowest BCUT2D eigenvalue weighted by Crippen LogP contribution is -2.31. The molecule has 1 saturated heterocycles. The summed E-state index contributed by atoms with van der Waals surface area (Å²) >= 11 is 0. The van der Waals surface area contributed by atoms with Gasteiger partial charge in [0.25, 0.3) is 11.5 Å². The molecule has 4 aromatic rings. The number of fused-ring (bicyclic) bond motifs is 1. The fourth-order valence-corrected chi connectivity index (χ4v) is 4.56. The first-order valence-corrected chi connectivity index (χ1v) is 12.0. The molecule has 0 bridgehead atoms. The van der Waals surface area contributed by atoms with E-state index in [1.165, 1.54) is 29.0 Å². The van der Waals surface area contributed by atoms with Gasteiger partial charge in [-0.05, 0) is 62.3 Å². The molecule has 1 aliphatic heterocycles. The van der Waals surface area contributed by atoms with Crippen LogP contribution >= 0.6 is 0 Å². The van der Waals surface area contributed by atoms with Gasteiger partial charge >= 0.3 is 6.18 Å². The number of amides is 1. The van der Waals surface area contributed by atoms with Crippen LogP contribution in [0.25, 0.3) is 22.3 Å². The summed E-state index contributed by atoms with van der Waals surface area (Å²) in [4.78, 5) is 37.7. The van der Waals surface area contributed by atoms with E-state index in [2.05, 4.69) is 20.2 Å². The Morgan fingerprint density at radius 2 is 1.76 bits per heavy atom. The Morgan fingerprint density at radius 1 is 0.973 bits per heavy atom. The molecule has 1 amide bonds. The van der Waals surface area contributed by atoms with Gasteiger partial charge in [0, 0.05) is 24.8 Å². The highest BCUT2D eigenvalue weighted by Crippen LogP contribution is 2.32. The third-order valence-corrected chi connectivity index (χ3v) is 6.42. The average molecular weight is 508 g/mol. The number of carbonyl (C=O) groups excluding carboxylic acids is 1. The Bertz CT molecular complexity index is 1500. The molecule has 1 fully saturated rings. The molecule has 37 heavy (non-hydrogen) atoms. The van der Waals surface area contributed by atoms with Gasteiger partial charge in [-0.25, -0.2) is 9.97 Å². The molecule has 0 unspecified atom stereocenters. The summed E-state index contributed by atoms with van der Waals surface area (Å²) in [5.74, 6) is -0.122. The Morgan fingerprint density at radius 3 is 2.49 bits per heavy atom. The lowest BCUT2D eigenvalue weighted by atomic mass is 10.1. The molecule has 0 spiro atoms. The number of pyridine rings is 1. The van der Waals surface area contributed by atoms with Crippen LogP contribution in [0.4, 0.5) is 19.0 Å². The van der Waals surface area contributed by atoms with Crippen LogP contribution in [0.2, 0.25) is 0 Å². The standard InChI is InChI=1S/C27H24F3N5O2/c28-27(29,30)19-8-5-7-18(17-19)24-33-23-20(25(36)32-22-11-1-2-12-31-22)9-6-10-21(23)26(37)35(24)16-15-34-13-3-4-14-34/h1-2,5-12,17H,3-4,13-16H2,(H,31,32,36). The number of halogens is 3. The predicted molar refractivity (Wildman–Crippen MR) is 134 cm³/mol. The van der Waals surface area contributed by atoms with Crippen molar-refractivity contribution < 1.29 is 18.0 Å². The zero-order valence-electron chi connectivity index (χ0n) is 19.8. The Kier molecular flexibility index (Phi) is 6.75. The third-order valence-electron chi connectivity index (χ3n) is 6.42. The molecule has 1 N–H and O–H groups in total. The number of benzene rings is 2. The van der Waals surface area contributed by atoms with Crippen molar-refractivity contribution in [3.63, 3.8) is 0 Å². The molecule has 7 nitrogen and oxygen atoms in total. The smallest absolute Gasteiger partial charge is 0.306 e. The van der Waals surface area contributed by atoms with Crippen molar-refractivity contribution in [1.82, 2.24) is 19.4 Å². The van der Waals surface area contributed by atoms with Gasteiger partial charge in [0.15, 0.2) is 0 Å². The second-order valence-corrected chi connectivity index (χ2v) is 8.89. The molecule has 0 atom stereocenters. The minimum absolute atomic E-state index is 0.0842. The van der Waals surface area contributed by atoms with E-state index in [0.29, 0.717) is 12.4 Å². The number of nitrogens with zero attached hydrogens (tertiary/aromatic N) is 4. The Balaban J connectivity index is 1.65. The summed E-state index contributed by atoms with van der Waals surface area (Å²) in [5, 5.41) is 2.89. The number of hydrogen-bond donors (Lipinski definition) is 1. The molecule has 0 radical (unpaired) electrons. The van der Waals surface area contributed by atoms with Crippen LogP contribution in [0.15, 0.2) is 71.7 Å². The van der Waals surface area contributed by atoms with E-state index in [1.807, 2.05) is 0 Å². The first-order valence-electron chi connectivity index (χ1n) is 12.0. The van der Waals surface area contributed by atoms with Crippen molar-refractivity contribution in [2.45, 2.75) is 25.6 Å². The van der Waals surface area contributed by atoms with Crippen molar-refractivity contribution >= 4 is 22.6 Å². The highest BCUT2D eigenvalue weighted by Gasteiger charge is 2.31. The van der Waals surface area contributed by atoms with Crippen LogP contribution in [0.5, 0.6) is 0 Å². The van der Waals surface area contributed by atoms with E-state index < -0.39 is 23.2 Å². The Hall–Kier alpha value is -4.05. The lowest BCUT2D eigenvalue weighted by molar-refractivity contribution is -0.137. The van der Waals surface area contributed by atoms with Gasteiger partial charge in [-0.15, -0.1) is 0 Å². The number of hydrogen-bond acceptors (Lipinski definition) is 5. The van der Waals surface area contributed by atoms with Gasteiger partial charge in [0.1, 0.15) is 11.6 Å². The molecule has 10 heteroatoms. The maximum Gasteiger partial charge on any atom is 0.416 e. The first-order chi connectivity index (χ1) is 17.8. The maximum atomic E-state index is 13.7. The van der Waals surface area contributed by atoms with Gasteiger partial charge in [0.2, 0.25) is 0 Å². The van der Waals surface area contributed by atoms with Crippen LogP contribution in [0.1, 0.15) is 28.8 Å². The van der Waals surface area contributed by atoms with E-state index in [-0.39, 0.29) is 34.4 Å². The fraction of sp³-hybridized carbons (Fsp3) is 0.259. The molecule has 3 heterocycles. The monoisotopic (exact) mass is 507 g/mol.